The predicted molar refractivity (Wildman–Crippen MR) is 50.5 cm³/mol. The summed E-state index contributed by atoms with van der Waals surface area (Å²) in [5, 5.41) is 5.66. The van der Waals surface area contributed by atoms with Gasteiger partial charge in [-0.05, 0) is 13.8 Å². The monoisotopic (exact) mass is 164 g/mol. The van der Waals surface area contributed by atoms with Crippen LogP contribution in [0.15, 0.2) is 34.1 Å². The van der Waals surface area contributed by atoms with Crippen LogP contribution >= 0.6 is 0 Å². The molecule has 1 aliphatic heterocycles. The Morgan fingerprint density at radius 3 is 2.83 bits per heavy atom. The van der Waals surface area contributed by atoms with E-state index in [9.17, 15) is 0 Å². The number of aliphatic imine (C=N–C) groups is 1. The minimum atomic E-state index is 0.468. The van der Waals surface area contributed by atoms with Crippen LogP contribution in [0.4, 0.5) is 0 Å². The fraction of sp³-hybridized carbons (Fsp3) is 0.250. The SMILES string of the molecule is C=C(C)N1N=CN=C(N)C1=CC. The van der Waals surface area contributed by atoms with Gasteiger partial charge in [-0.15, -0.1) is 0 Å². The number of nitrogens with zero attached hydrogens (tertiary/aromatic N) is 3. The van der Waals surface area contributed by atoms with Crippen molar-refractivity contribution < 1.29 is 0 Å². The molecule has 1 heterocycles. The van der Waals surface area contributed by atoms with Crippen molar-refractivity contribution in [2.45, 2.75) is 13.8 Å². The van der Waals surface area contributed by atoms with Crippen LogP contribution in [0.25, 0.3) is 0 Å². The molecule has 64 valence electrons. The number of hydrogen-bond acceptors (Lipinski definition) is 4. The Bertz CT molecular complexity index is 285. The third-order valence-electron chi connectivity index (χ3n) is 1.49. The van der Waals surface area contributed by atoms with Crippen LogP contribution in [-0.2, 0) is 0 Å². The van der Waals surface area contributed by atoms with Gasteiger partial charge in [0, 0.05) is 5.70 Å². The van der Waals surface area contributed by atoms with Gasteiger partial charge in [0.2, 0.25) is 0 Å². The smallest absolute Gasteiger partial charge is 0.150 e. The van der Waals surface area contributed by atoms with Crippen molar-refractivity contribution in [3.63, 3.8) is 0 Å². The Morgan fingerprint density at radius 2 is 2.42 bits per heavy atom. The molecule has 4 nitrogen and oxygen atoms in total. The Balaban J connectivity index is 3.00. The van der Waals surface area contributed by atoms with E-state index >= 15 is 0 Å². The third kappa shape index (κ3) is 1.37. The Morgan fingerprint density at radius 1 is 1.75 bits per heavy atom. The molecule has 0 aromatic carbocycles. The van der Waals surface area contributed by atoms with E-state index in [0.717, 1.165) is 11.4 Å². The molecule has 0 atom stereocenters. The highest BCUT2D eigenvalue weighted by Gasteiger charge is 2.14. The zero-order chi connectivity index (χ0) is 9.14. The summed E-state index contributed by atoms with van der Waals surface area (Å²) in [6.07, 6.45) is 3.26. The molecule has 1 rings (SSSR count). The summed E-state index contributed by atoms with van der Waals surface area (Å²) >= 11 is 0. The third-order valence-corrected chi connectivity index (χ3v) is 1.49. The molecule has 0 saturated heterocycles. The van der Waals surface area contributed by atoms with E-state index in [1.54, 1.807) is 5.01 Å². The molecule has 0 bridgehead atoms. The van der Waals surface area contributed by atoms with Crippen LogP contribution < -0.4 is 5.73 Å². The number of hydrazone groups is 1. The van der Waals surface area contributed by atoms with Crippen LogP contribution in [0.5, 0.6) is 0 Å². The van der Waals surface area contributed by atoms with Crippen molar-refractivity contribution in [3.05, 3.63) is 24.0 Å². The van der Waals surface area contributed by atoms with Gasteiger partial charge in [0.15, 0.2) is 5.84 Å². The summed E-state index contributed by atoms with van der Waals surface area (Å²) in [4.78, 5) is 3.87. The van der Waals surface area contributed by atoms with E-state index in [2.05, 4.69) is 16.7 Å². The van der Waals surface area contributed by atoms with E-state index in [4.69, 9.17) is 5.73 Å². The highest BCUT2D eigenvalue weighted by Crippen LogP contribution is 2.14. The minimum absolute atomic E-state index is 0.468. The van der Waals surface area contributed by atoms with Gasteiger partial charge in [0.25, 0.3) is 0 Å². The van der Waals surface area contributed by atoms with Gasteiger partial charge in [0.1, 0.15) is 12.0 Å². The first-order valence-electron chi connectivity index (χ1n) is 3.65. The van der Waals surface area contributed by atoms with Gasteiger partial charge in [-0.2, -0.15) is 5.10 Å². The average Bonchev–Trinajstić information content (AvgIpc) is 2.03. The van der Waals surface area contributed by atoms with Crippen molar-refractivity contribution in [2.24, 2.45) is 15.8 Å². The fourth-order valence-corrected chi connectivity index (χ4v) is 0.951. The molecule has 4 heteroatoms. The van der Waals surface area contributed by atoms with E-state index in [1.165, 1.54) is 6.34 Å². The molecule has 0 unspecified atom stereocenters. The lowest BCUT2D eigenvalue weighted by molar-refractivity contribution is 0.476. The number of nitrogens with two attached hydrogens (primary N) is 1. The summed E-state index contributed by atoms with van der Waals surface area (Å²) in [5.41, 5.74) is 7.22. The Hall–Kier alpha value is -1.58. The molecule has 0 fully saturated rings. The predicted octanol–water partition coefficient (Wildman–Crippen LogP) is 1.04. The van der Waals surface area contributed by atoms with Gasteiger partial charge in [-0.25, -0.2) is 10.0 Å². The van der Waals surface area contributed by atoms with Gasteiger partial charge >= 0.3 is 0 Å². The van der Waals surface area contributed by atoms with Crippen LogP contribution in [0.2, 0.25) is 0 Å². The molecule has 0 saturated carbocycles. The summed E-state index contributed by atoms with van der Waals surface area (Å²) in [7, 11) is 0. The van der Waals surface area contributed by atoms with Crippen LogP contribution in [0.3, 0.4) is 0 Å². The maximum atomic E-state index is 5.63. The largest absolute Gasteiger partial charge is 0.382 e. The van der Waals surface area contributed by atoms with E-state index < -0.39 is 0 Å². The zero-order valence-electron chi connectivity index (χ0n) is 7.28. The van der Waals surface area contributed by atoms with Gasteiger partial charge in [-0.1, -0.05) is 12.7 Å². The molecule has 0 radical (unpaired) electrons. The summed E-state index contributed by atoms with van der Waals surface area (Å²) in [6, 6.07) is 0. The molecule has 0 aliphatic carbocycles. The van der Waals surface area contributed by atoms with Crippen molar-refractivity contribution in [2.75, 3.05) is 0 Å². The zero-order valence-corrected chi connectivity index (χ0v) is 7.28. The molecule has 0 aromatic heterocycles. The summed E-state index contributed by atoms with van der Waals surface area (Å²) < 4.78 is 0. The standard InChI is InChI=1S/C8H12N4/c1-4-7-8(9)10-5-11-12(7)6(2)3/h4-5H,2H2,1,3H3,(H2,9,10,11). The fourth-order valence-electron chi connectivity index (χ4n) is 0.951. The first-order valence-corrected chi connectivity index (χ1v) is 3.65. The van der Waals surface area contributed by atoms with E-state index in [0.29, 0.717) is 5.84 Å². The maximum absolute atomic E-state index is 5.63. The van der Waals surface area contributed by atoms with Crippen molar-refractivity contribution in [1.82, 2.24) is 5.01 Å². The van der Waals surface area contributed by atoms with Crippen molar-refractivity contribution in [3.8, 4) is 0 Å². The number of hydrogen-bond donors (Lipinski definition) is 1. The first-order chi connectivity index (χ1) is 5.66. The number of allylic oxidation sites excluding steroid dienone is 2. The summed E-state index contributed by atoms with van der Waals surface area (Å²) in [5.74, 6) is 0.468. The topological polar surface area (TPSA) is 54.0 Å². The van der Waals surface area contributed by atoms with Gasteiger partial charge < -0.3 is 5.73 Å². The number of amidine groups is 1. The first kappa shape index (κ1) is 8.52. The van der Waals surface area contributed by atoms with Crippen LogP contribution in [0.1, 0.15) is 13.8 Å². The molecule has 0 amide bonds. The molecular formula is C8H12N4. The van der Waals surface area contributed by atoms with Gasteiger partial charge in [-0.3, -0.25) is 0 Å². The Labute approximate surface area is 71.8 Å². The molecular weight excluding hydrogens is 152 g/mol. The lowest BCUT2D eigenvalue weighted by Crippen LogP contribution is -2.29. The maximum Gasteiger partial charge on any atom is 0.150 e. The van der Waals surface area contributed by atoms with Gasteiger partial charge in [0.05, 0.1) is 0 Å². The highest BCUT2D eigenvalue weighted by atomic mass is 15.5. The second-order valence-electron chi connectivity index (χ2n) is 2.47. The second-order valence-corrected chi connectivity index (χ2v) is 2.47. The molecule has 12 heavy (non-hydrogen) atoms. The van der Waals surface area contributed by atoms with E-state index in [-0.39, 0.29) is 0 Å². The van der Waals surface area contributed by atoms with E-state index in [1.807, 2.05) is 19.9 Å². The normalized spacial score (nSPS) is 19.7. The Kier molecular flexibility index (Phi) is 2.28. The van der Waals surface area contributed by atoms with Crippen molar-refractivity contribution >= 4 is 12.2 Å². The lowest BCUT2D eigenvalue weighted by Gasteiger charge is -2.23. The average molecular weight is 164 g/mol. The molecule has 0 aromatic rings. The quantitative estimate of drug-likeness (QED) is 0.629. The van der Waals surface area contributed by atoms with Crippen LogP contribution in [0, 0.1) is 0 Å². The second kappa shape index (κ2) is 3.21. The van der Waals surface area contributed by atoms with Crippen LogP contribution in [-0.4, -0.2) is 17.2 Å². The lowest BCUT2D eigenvalue weighted by atomic mass is 10.3. The minimum Gasteiger partial charge on any atom is -0.382 e. The summed E-state index contributed by atoms with van der Waals surface area (Å²) in [6.45, 7) is 7.52. The molecule has 1 aliphatic rings. The molecule has 2 N–H and O–H groups in total. The van der Waals surface area contributed by atoms with Crippen molar-refractivity contribution in [1.29, 1.82) is 0 Å². The number of rotatable bonds is 1. The highest BCUT2D eigenvalue weighted by molar-refractivity contribution is 6.01. The molecule has 0 spiro atoms.